The molecule has 1 aliphatic rings. The number of amides is 1. The Hall–Kier alpha value is -1.88. The van der Waals surface area contributed by atoms with Crippen LogP contribution in [0.4, 0.5) is 5.69 Å². The molecule has 1 aliphatic heterocycles. The fourth-order valence-corrected chi connectivity index (χ4v) is 2.62. The molecule has 0 aliphatic carbocycles. The molecular formula is C16H16ClN3O. The predicted molar refractivity (Wildman–Crippen MR) is 83.9 cm³/mol. The maximum atomic E-state index is 12.2. The summed E-state index contributed by atoms with van der Waals surface area (Å²) >= 11 is 6.00. The van der Waals surface area contributed by atoms with E-state index in [9.17, 15) is 4.79 Å². The van der Waals surface area contributed by atoms with Gasteiger partial charge in [-0.1, -0.05) is 41.9 Å². The molecule has 2 unspecified atom stereocenters. The number of hydrazine groups is 1. The van der Waals surface area contributed by atoms with Crippen LogP contribution in [0.25, 0.3) is 0 Å². The molecule has 3 rings (SSSR count). The van der Waals surface area contributed by atoms with Gasteiger partial charge >= 0.3 is 0 Å². The third kappa shape index (κ3) is 3.42. The van der Waals surface area contributed by atoms with E-state index in [0.717, 1.165) is 11.3 Å². The average Bonchev–Trinajstić information content (AvgIpc) is 2.98. The minimum atomic E-state index is -0.269. The fourth-order valence-electron chi connectivity index (χ4n) is 2.42. The molecule has 2 aromatic rings. The van der Waals surface area contributed by atoms with Crippen LogP contribution in [0.5, 0.6) is 0 Å². The molecule has 2 aromatic carbocycles. The van der Waals surface area contributed by atoms with E-state index < -0.39 is 0 Å². The van der Waals surface area contributed by atoms with Crippen LogP contribution >= 0.6 is 11.6 Å². The zero-order valence-corrected chi connectivity index (χ0v) is 12.1. The molecule has 4 nitrogen and oxygen atoms in total. The average molecular weight is 302 g/mol. The summed E-state index contributed by atoms with van der Waals surface area (Å²) in [4.78, 5) is 12.2. The summed E-state index contributed by atoms with van der Waals surface area (Å²) in [5.74, 6) is -0.0433. The van der Waals surface area contributed by atoms with Crippen molar-refractivity contribution in [2.75, 3.05) is 5.32 Å². The summed E-state index contributed by atoms with van der Waals surface area (Å²) in [5, 5.41) is 3.60. The molecule has 5 heteroatoms. The van der Waals surface area contributed by atoms with Crippen LogP contribution in [-0.2, 0) is 4.79 Å². The van der Waals surface area contributed by atoms with Gasteiger partial charge in [0.1, 0.15) is 6.04 Å². The summed E-state index contributed by atoms with van der Waals surface area (Å²) < 4.78 is 0. The molecule has 0 saturated carbocycles. The van der Waals surface area contributed by atoms with E-state index in [0.29, 0.717) is 11.4 Å². The van der Waals surface area contributed by atoms with Crippen LogP contribution < -0.4 is 16.2 Å². The van der Waals surface area contributed by atoms with Crippen molar-refractivity contribution in [1.82, 2.24) is 10.9 Å². The van der Waals surface area contributed by atoms with Gasteiger partial charge in [0, 0.05) is 16.8 Å². The molecule has 1 heterocycles. The zero-order valence-electron chi connectivity index (χ0n) is 11.3. The van der Waals surface area contributed by atoms with Gasteiger partial charge in [0.15, 0.2) is 0 Å². The van der Waals surface area contributed by atoms with E-state index in [2.05, 4.69) is 16.2 Å². The van der Waals surface area contributed by atoms with Crippen molar-refractivity contribution in [3.8, 4) is 0 Å². The lowest BCUT2D eigenvalue weighted by molar-refractivity contribution is -0.117. The van der Waals surface area contributed by atoms with E-state index in [1.165, 1.54) is 0 Å². The first-order chi connectivity index (χ1) is 10.2. The van der Waals surface area contributed by atoms with E-state index >= 15 is 0 Å². The Morgan fingerprint density at radius 3 is 2.67 bits per heavy atom. The molecular weight excluding hydrogens is 286 g/mol. The van der Waals surface area contributed by atoms with Crippen molar-refractivity contribution in [2.45, 2.75) is 18.5 Å². The first-order valence-corrected chi connectivity index (χ1v) is 7.22. The first-order valence-electron chi connectivity index (χ1n) is 6.85. The summed E-state index contributed by atoms with van der Waals surface area (Å²) in [7, 11) is 0. The SMILES string of the molecule is O=C(Nc1ccccc1)C1CC(c2cccc(Cl)c2)NN1. The number of carbonyl (C=O) groups is 1. The van der Waals surface area contributed by atoms with Gasteiger partial charge in [-0.2, -0.15) is 0 Å². The van der Waals surface area contributed by atoms with E-state index in [4.69, 9.17) is 11.6 Å². The third-order valence-electron chi connectivity index (χ3n) is 3.51. The highest BCUT2D eigenvalue weighted by molar-refractivity contribution is 6.30. The molecule has 0 spiro atoms. The van der Waals surface area contributed by atoms with Crippen LogP contribution in [0.1, 0.15) is 18.0 Å². The Labute approximate surface area is 128 Å². The summed E-state index contributed by atoms with van der Waals surface area (Å²) in [5.41, 5.74) is 8.06. The van der Waals surface area contributed by atoms with Crippen LogP contribution in [0.3, 0.4) is 0 Å². The van der Waals surface area contributed by atoms with Crippen molar-refractivity contribution >= 4 is 23.2 Å². The highest BCUT2D eigenvalue weighted by Crippen LogP contribution is 2.25. The number of anilines is 1. The Kier molecular flexibility index (Phi) is 4.20. The number of carbonyl (C=O) groups excluding carboxylic acids is 1. The van der Waals surface area contributed by atoms with E-state index in [-0.39, 0.29) is 18.0 Å². The van der Waals surface area contributed by atoms with Gasteiger partial charge in [-0.05, 0) is 36.2 Å². The molecule has 108 valence electrons. The van der Waals surface area contributed by atoms with Gasteiger partial charge < -0.3 is 5.32 Å². The van der Waals surface area contributed by atoms with Crippen LogP contribution in [0.15, 0.2) is 54.6 Å². The number of nitrogens with one attached hydrogen (secondary N) is 3. The molecule has 3 N–H and O–H groups in total. The van der Waals surface area contributed by atoms with Crippen molar-refractivity contribution in [2.24, 2.45) is 0 Å². The largest absolute Gasteiger partial charge is 0.325 e. The van der Waals surface area contributed by atoms with Gasteiger partial charge in [-0.15, -0.1) is 0 Å². The molecule has 2 atom stereocenters. The summed E-state index contributed by atoms with van der Waals surface area (Å²) in [6.45, 7) is 0. The lowest BCUT2D eigenvalue weighted by Gasteiger charge is -2.11. The van der Waals surface area contributed by atoms with Crippen molar-refractivity contribution in [3.63, 3.8) is 0 Å². The minimum Gasteiger partial charge on any atom is -0.325 e. The van der Waals surface area contributed by atoms with Crippen molar-refractivity contribution in [1.29, 1.82) is 0 Å². The molecule has 0 radical (unpaired) electrons. The Morgan fingerprint density at radius 1 is 1.10 bits per heavy atom. The summed E-state index contributed by atoms with van der Waals surface area (Å²) in [6, 6.07) is 16.9. The fraction of sp³-hybridized carbons (Fsp3) is 0.188. The van der Waals surface area contributed by atoms with Gasteiger partial charge in [0.2, 0.25) is 5.91 Å². The molecule has 0 aromatic heterocycles. The van der Waals surface area contributed by atoms with Crippen LogP contribution in [-0.4, -0.2) is 11.9 Å². The number of benzene rings is 2. The molecule has 1 amide bonds. The van der Waals surface area contributed by atoms with Crippen LogP contribution in [0.2, 0.25) is 5.02 Å². The third-order valence-corrected chi connectivity index (χ3v) is 3.75. The lowest BCUT2D eigenvalue weighted by Crippen LogP contribution is -2.39. The smallest absolute Gasteiger partial charge is 0.242 e. The maximum absolute atomic E-state index is 12.2. The maximum Gasteiger partial charge on any atom is 0.242 e. The second kappa shape index (κ2) is 6.26. The van der Waals surface area contributed by atoms with Crippen molar-refractivity contribution < 1.29 is 4.79 Å². The first kappa shape index (κ1) is 14.1. The topological polar surface area (TPSA) is 53.2 Å². The number of para-hydroxylation sites is 1. The number of hydrogen-bond donors (Lipinski definition) is 3. The zero-order chi connectivity index (χ0) is 14.7. The Balaban J connectivity index is 1.63. The van der Waals surface area contributed by atoms with Gasteiger partial charge in [0.05, 0.1) is 0 Å². The quantitative estimate of drug-likeness (QED) is 0.817. The number of rotatable bonds is 3. The normalized spacial score (nSPS) is 21.2. The second-order valence-electron chi connectivity index (χ2n) is 5.04. The molecule has 21 heavy (non-hydrogen) atoms. The van der Waals surface area contributed by atoms with Gasteiger partial charge in [-0.25, -0.2) is 10.9 Å². The highest BCUT2D eigenvalue weighted by atomic mass is 35.5. The lowest BCUT2D eigenvalue weighted by atomic mass is 10.0. The van der Waals surface area contributed by atoms with Gasteiger partial charge in [-0.3, -0.25) is 4.79 Å². The number of halogens is 1. The Morgan fingerprint density at radius 2 is 1.90 bits per heavy atom. The van der Waals surface area contributed by atoms with E-state index in [1.807, 2.05) is 54.6 Å². The van der Waals surface area contributed by atoms with Crippen LogP contribution in [0, 0.1) is 0 Å². The number of hydrogen-bond acceptors (Lipinski definition) is 3. The minimum absolute atomic E-state index is 0.0433. The molecule has 1 saturated heterocycles. The molecule has 1 fully saturated rings. The standard InChI is InChI=1S/C16H16ClN3O/c17-12-6-4-5-11(9-12)14-10-15(20-19-14)16(21)18-13-7-2-1-3-8-13/h1-9,14-15,19-20H,10H2,(H,18,21). The second-order valence-corrected chi connectivity index (χ2v) is 5.48. The van der Waals surface area contributed by atoms with Crippen molar-refractivity contribution in [3.05, 3.63) is 65.2 Å². The summed E-state index contributed by atoms with van der Waals surface area (Å²) in [6.07, 6.45) is 0.680. The highest BCUT2D eigenvalue weighted by Gasteiger charge is 2.30. The van der Waals surface area contributed by atoms with Gasteiger partial charge in [0.25, 0.3) is 0 Å². The molecule has 0 bridgehead atoms. The monoisotopic (exact) mass is 301 g/mol. The predicted octanol–water partition coefficient (Wildman–Crippen LogP) is 2.89. The van der Waals surface area contributed by atoms with E-state index in [1.54, 1.807) is 0 Å². The Bertz CT molecular complexity index is 632.